The summed E-state index contributed by atoms with van der Waals surface area (Å²) in [7, 11) is 0. The SMILES string of the molecule is O=C(NO)c1cnc(N2CCN(C(/C=C/c3ccccc3F)CO)CC2)nc1. The number of rotatable bonds is 6. The van der Waals surface area contributed by atoms with Gasteiger partial charge in [-0.3, -0.25) is 14.9 Å². The first-order chi connectivity index (χ1) is 13.6. The summed E-state index contributed by atoms with van der Waals surface area (Å²) in [6.45, 7) is 2.59. The maximum Gasteiger partial charge on any atom is 0.277 e. The smallest absolute Gasteiger partial charge is 0.277 e. The van der Waals surface area contributed by atoms with E-state index in [9.17, 15) is 14.3 Å². The number of hydroxylamine groups is 1. The Morgan fingerprint density at radius 3 is 2.50 bits per heavy atom. The van der Waals surface area contributed by atoms with Crippen LogP contribution in [0.3, 0.4) is 0 Å². The molecule has 1 fully saturated rings. The fourth-order valence-corrected chi connectivity index (χ4v) is 3.04. The van der Waals surface area contributed by atoms with E-state index in [1.54, 1.807) is 24.3 Å². The summed E-state index contributed by atoms with van der Waals surface area (Å²) in [4.78, 5) is 23.7. The molecule has 28 heavy (non-hydrogen) atoms. The second-order valence-electron chi connectivity index (χ2n) is 6.37. The van der Waals surface area contributed by atoms with E-state index in [2.05, 4.69) is 14.9 Å². The summed E-state index contributed by atoms with van der Waals surface area (Å²) in [5.74, 6) is -0.462. The van der Waals surface area contributed by atoms with Gasteiger partial charge < -0.3 is 10.0 Å². The van der Waals surface area contributed by atoms with Gasteiger partial charge in [0.05, 0.1) is 18.2 Å². The second-order valence-corrected chi connectivity index (χ2v) is 6.37. The molecule has 0 saturated carbocycles. The second kappa shape index (κ2) is 9.36. The Labute approximate surface area is 161 Å². The topological polar surface area (TPSA) is 102 Å². The van der Waals surface area contributed by atoms with Gasteiger partial charge in [-0.05, 0) is 6.07 Å². The van der Waals surface area contributed by atoms with Gasteiger partial charge in [0.15, 0.2) is 0 Å². The highest BCUT2D eigenvalue weighted by Gasteiger charge is 2.23. The summed E-state index contributed by atoms with van der Waals surface area (Å²) in [6.07, 6.45) is 6.21. The number of hydrogen-bond acceptors (Lipinski definition) is 7. The van der Waals surface area contributed by atoms with Crippen molar-refractivity contribution in [3.05, 3.63) is 59.7 Å². The molecule has 3 N–H and O–H groups in total. The number of nitrogens with zero attached hydrogens (tertiary/aromatic N) is 4. The number of anilines is 1. The predicted octanol–water partition coefficient (Wildman–Crippen LogP) is 0.931. The van der Waals surface area contributed by atoms with E-state index in [0.29, 0.717) is 37.7 Å². The number of amides is 1. The van der Waals surface area contributed by atoms with E-state index in [0.717, 1.165) is 0 Å². The number of aromatic nitrogens is 2. The fourth-order valence-electron chi connectivity index (χ4n) is 3.04. The minimum absolute atomic E-state index is 0.0631. The van der Waals surface area contributed by atoms with E-state index in [-0.39, 0.29) is 24.0 Å². The molecule has 0 bridgehead atoms. The lowest BCUT2D eigenvalue weighted by Gasteiger charge is -2.37. The zero-order valence-corrected chi connectivity index (χ0v) is 15.2. The van der Waals surface area contributed by atoms with Crippen LogP contribution in [0.1, 0.15) is 15.9 Å². The average molecular weight is 387 g/mol. The van der Waals surface area contributed by atoms with Crippen LogP contribution < -0.4 is 10.4 Å². The van der Waals surface area contributed by atoms with E-state index < -0.39 is 5.91 Å². The molecule has 0 aliphatic carbocycles. The van der Waals surface area contributed by atoms with Crippen LogP contribution in [0.4, 0.5) is 10.3 Å². The summed E-state index contributed by atoms with van der Waals surface area (Å²) >= 11 is 0. The lowest BCUT2D eigenvalue weighted by Crippen LogP contribution is -2.51. The van der Waals surface area contributed by atoms with Gasteiger partial charge in [-0.2, -0.15) is 0 Å². The highest BCUT2D eigenvalue weighted by molar-refractivity contribution is 5.92. The third-order valence-electron chi connectivity index (χ3n) is 4.66. The Morgan fingerprint density at radius 1 is 1.21 bits per heavy atom. The summed E-state index contributed by atoms with van der Waals surface area (Å²) in [6, 6.07) is 6.29. The van der Waals surface area contributed by atoms with E-state index >= 15 is 0 Å². The molecule has 0 radical (unpaired) electrons. The number of nitrogens with one attached hydrogen (secondary N) is 1. The molecule has 1 aliphatic rings. The molecule has 2 aromatic rings. The predicted molar refractivity (Wildman–Crippen MR) is 101 cm³/mol. The molecule has 1 unspecified atom stereocenters. The van der Waals surface area contributed by atoms with E-state index in [1.807, 2.05) is 11.0 Å². The van der Waals surface area contributed by atoms with Crippen molar-refractivity contribution in [2.75, 3.05) is 37.7 Å². The standard InChI is InChI=1S/C19H22FN5O3/c20-17-4-2-1-3-14(17)5-6-16(13-26)24-7-9-25(10-8-24)19-21-11-15(12-22-19)18(27)23-28/h1-6,11-12,16,26,28H,7-10,13H2,(H,23,27)/b6-5+. The van der Waals surface area contributed by atoms with Gasteiger partial charge in [0.1, 0.15) is 5.82 Å². The normalized spacial score (nSPS) is 16.3. The van der Waals surface area contributed by atoms with Gasteiger partial charge in [-0.15, -0.1) is 0 Å². The molecule has 8 nitrogen and oxygen atoms in total. The third kappa shape index (κ3) is 4.69. The van der Waals surface area contributed by atoms with Gasteiger partial charge in [0, 0.05) is 44.1 Å². The number of carbonyl (C=O) groups excluding carboxylic acids is 1. The van der Waals surface area contributed by atoms with Gasteiger partial charge in [0.2, 0.25) is 5.95 Å². The Hall–Kier alpha value is -2.88. The maximum atomic E-state index is 13.7. The minimum atomic E-state index is -0.663. The molecule has 1 aromatic heterocycles. The molecule has 148 valence electrons. The van der Waals surface area contributed by atoms with Crippen molar-refractivity contribution >= 4 is 17.9 Å². The van der Waals surface area contributed by atoms with Crippen molar-refractivity contribution in [1.29, 1.82) is 0 Å². The van der Waals surface area contributed by atoms with Crippen LogP contribution in [0.2, 0.25) is 0 Å². The molecule has 1 amide bonds. The van der Waals surface area contributed by atoms with Gasteiger partial charge in [-0.1, -0.05) is 30.4 Å². The number of piperazine rings is 1. The zero-order valence-electron chi connectivity index (χ0n) is 15.2. The number of benzene rings is 1. The molecule has 1 aromatic carbocycles. The van der Waals surface area contributed by atoms with Crippen LogP contribution in [0.15, 0.2) is 42.7 Å². The molecule has 1 atom stereocenters. The van der Waals surface area contributed by atoms with Crippen LogP contribution >= 0.6 is 0 Å². The van der Waals surface area contributed by atoms with Crippen LogP contribution in [-0.2, 0) is 0 Å². The first-order valence-corrected chi connectivity index (χ1v) is 8.91. The van der Waals surface area contributed by atoms with Crippen molar-refractivity contribution in [2.45, 2.75) is 6.04 Å². The molecule has 0 spiro atoms. The van der Waals surface area contributed by atoms with E-state index in [1.165, 1.54) is 23.9 Å². The number of aliphatic hydroxyl groups excluding tert-OH is 1. The van der Waals surface area contributed by atoms with Crippen LogP contribution in [0.25, 0.3) is 6.08 Å². The first kappa shape index (κ1) is 19.9. The van der Waals surface area contributed by atoms with Crippen molar-refractivity contribution in [2.24, 2.45) is 0 Å². The summed E-state index contributed by atoms with van der Waals surface area (Å²) < 4.78 is 13.7. The van der Waals surface area contributed by atoms with Crippen molar-refractivity contribution in [1.82, 2.24) is 20.3 Å². The number of hydrogen-bond donors (Lipinski definition) is 3. The number of aliphatic hydroxyl groups is 1. The Bertz CT molecular complexity index is 823. The Morgan fingerprint density at radius 2 is 1.89 bits per heavy atom. The highest BCUT2D eigenvalue weighted by Crippen LogP contribution is 2.15. The highest BCUT2D eigenvalue weighted by atomic mass is 19.1. The molecule has 1 aliphatic heterocycles. The molecule has 2 heterocycles. The molecular formula is C19H22FN5O3. The van der Waals surface area contributed by atoms with Crippen molar-refractivity contribution < 1.29 is 19.5 Å². The van der Waals surface area contributed by atoms with Crippen LogP contribution in [0.5, 0.6) is 0 Å². The van der Waals surface area contributed by atoms with Crippen LogP contribution in [0, 0.1) is 5.82 Å². The summed E-state index contributed by atoms with van der Waals surface area (Å²) in [5.41, 5.74) is 2.20. The fraction of sp³-hybridized carbons (Fsp3) is 0.316. The molecule has 9 heteroatoms. The lowest BCUT2D eigenvalue weighted by atomic mass is 10.1. The van der Waals surface area contributed by atoms with Gasteiger partial charge in [0.25, 0.3) is 5.91 Å². The largest absolute Gasteiger partial charge is 0.394 e. The summed E-state index contributed by atoms with van der Waals surface area (Å²) in [5, 5.41) is 18.4. The molecule has 3 rings (SSSR count). The quantitative estimate of drug-likeness (QED) is 0.501. The number of halogens is 1. The van der Waals surface area contributed by atoms with E-state index in [4.69, 9.17) is 5.21 Å². The average Bonchev–Trinajstić information content (AvgIpc) is 2.75. The minimum Gasteiger partial charge on any atom is -0.394 e. The first-order valence-electron chi connectivity index (χ1n) is 8.91. The maximum absolute atomic E-state index is 13.7. The zero-order chi connectivity index (χ0) is 19.9. The Balaban J connectivity index is 1.59. The van der Waals surface area contributed by atoms with Gasteiger partial charge in [-0.25, -0.2) is 19.8 Å². The number of carbonyl (C=O) groups is 1. The van der Waals surface area contributed by atoms with Crippen molar-refractivity contribution in [3.63, 3.8) is 0 Å². The monoisotopic (exact) mass is 387 g/mol. The molecular weight excluding hydrogens is 365 g/mol. The third-order valence-corrected chi connectivity index (χ3v) is 4.66. The lowest BCUT2D eigenvalue weighted by molar-refractivity contribution is 0.0705. The van der Waals surface area contributed by atoms with Gasteiger partial charge >= 0.3 is 0 Å². The van der Waals surface area contributed by atoms with Crippen molar-refractivity contribution in [3.8, 4) is 0 Å². The molecule has 1 saturated heterocycles. The Kier molecular flexibility index (Phi) is 6.64. The van der Waals surface area contributed by atoms with Crippen LogP contribution in [-0.4, -0.2) is 69.9 Å².